The predicted molar refractivity (Wildman–Crippen MR) is 51.8 cm³/mol. The second-order valence-electron chi connectivity index (χ2n) is 3.81. The van der Waals surface area contributed by atoms with Gasteiger partial charge in [0.15, 0.2) is 0 Å². The smallest absolute Gasteiger partial charge is 0.269 e. The number of rotatable bonds is 3. The van der Waals surface area contributed by atoms with Crippen molar-refractivity contribution in [1.82, 2.24) is 15.3 Å². The van der Waals surface area contributed by atoms with E-state index in [-0.39, 0.29) is 11.9 Å². The van der Waals surface area contributed by atoms with Crippen LogP contribution in [0, 0.1) is 0 Å². The molecule has 0 aromatic carbocycles. The van der Waals surface area contributed by atoms with Crippen LogP contribution in [0.25, 0.3) is 0 Å². The SMILES string of the molecule is CC(NC(=O)c1cnc[nH]1)C(C)(C)O. The van der Waals surface area contributed by atoms with Gasteiger partial charge < -0.3 is 15.4 Å². The highest BCUT2D eigenvalue weighted by atomic mass is 16.3. The summed E-state index contributed by atoms with van der Waals surface area (Å²) in [6.07, 6.45) is 2.87. The van der Waals surface area contributed by atoms with Gasteiger partial charge in [-0.2, -0.15) is 0 Å². The van der Waals surface area contributed by atoms with Crippen LogP contribution < -0.4 is 5.32 Å². The van der Waals surface area contributed by atoms with E-state index in [2.05, 4.69) is 15.3 Å². The highest BCUT2D eigenvalue weighted by Crippen LogP contribution is 2.07. The molecule has 14 heavy (non-hydrogen) atoms. The topological polar surface area (TPSA) is 78.0 Å². The van der Waals surface area contributed by atoms with Crippen molar-refractivity contribution < 1.29 is 9.90 Å². The van der Waals surface area contributed by atoms with E-state index >= 15 is 0 Å². The first-order chi connectivity index (χ1) is 6.41. The van der Waals surface area contributed by atoms with Crippen LogP contribution in [0.3, 0.4) is 0 Å². The fourth-order valence-electron chi connectivity index (χ4n) is 0.831. The van der Waals surface area contributed by atoms with Gasteiger partial charge in [-0.1, -0.05) is 0 Å². The first-order valence-corrected chi connectivity index (χ1v) is 4.43. The number of hydrogen-bond donors (Lipinski definition) is 3. The molecule has 0 saturated carbocycles. The van der Waals surface area contributed by atoms with Gasteiger partial charge in [0.1, 0.15) is 5.69 Å². The predicted octanol–water partition coefficient (Wildman–Crippen LogP) is 0.299. The van der Waals surface area contributed by atoms with Crippen molar-refractivity contribution in [1.29, 1.82) is 0 Å². The molecule has 0 aliphatic rings. The van der Waals surface area contributed by atoms with Crippen LogP contribution in [0.5, 0.6) is 0 Å². The highest BCUT2D eigenvalue weighted by Gasteiger charge is 2.24. The molecule has 5 nitrogen and oxygen atoms in total. The molecule has 1 aromatic heterocycles. The number of aliphatic hydroxyl groups is 1. The third-order valence-corrected chi connectivity index (χ3v) is 2.15. The number of nitrogens with zero attached hydrogens (tertiary/aromatic N) is 1. The molecule has 1 unspecified atom stereocenters. The molecule has 5 heteroatoms. The van der Waals surface area contributed by atoms with Gasteiger partial charge in [-0.3, -0.25) is 4.79 Å². The lowest BCUT2D eigenvalue weighted by molar-refractivity contribution is 0.0407. The standard InChI is InChI=1S/C9H15N3O2/c1-6(9(2,3)14)12-8(13)7-4-10-5-11-7/h4-6,14H,1-3H3,(H,10,11)(H,12,13). The molecule has 1 amide bonds. The molecule has 78 valence electrons. The van der Waals surface area contributed by atoms with Gasteiger partial charge in [-0.25, -0.2) is 4.98 Å². The summed E-state index contributed by atoms with van der Waals surface area (Å²) in [7, 11) is 0. The Labute approximate surface area is 82.6 Å². The van der Waals surface area contributed by atoms with Crippen molar-refractivity contribution in [2.45, 2.75) is 32.4 Å². The second kappa shape index (κ2) is 3.79. The van der Waals surface area contributed by atoms with Gasteiger partial charge in [-0.15, -0.1) is 0 Å². The maximum absolute atomic E-state index is 11.5. The second-order valence-corrected chi connectivity index (χ2v) is 3.81. The highest BCUT2D eigenvalue weighted by molar-refractivity contribution is 5.92. The lowest BCUT2D eigenvalue weighted by atomic mass is 10.0. The van der Waals surface area contributed by atoms with Crippen LogP contribution in [0.15, 0.2) is 12.5 Å². The molecular weight excluding hydrogens is 182 g/mol. The van der Waals surface area contributed by atoms with E-state index in [1.54, 1.807) is 20.8 Å². The summed E-state index contributed by atoms with van der Waals surface area (Å²) in [6.45, 7) is 5.03. The maximum atomic E-state index is 11.5. The summed E-state index contributed by atoms with van der Waals surface area (Å²) in [4.78, 5) is 17.9. The zero-order chi connectivity index (χ0) is 10.8. The van der Waals surface area contributed by atoms with Crippen molar-refractivity contribution in [3.05, 3.63) is 18.2 Å². The minimum absolute atomic E-state index is 0.267. The van der Waals surface area contributed by atoms with E-state index in [1.165, 1.54) is 12.5 Å². The van der Waals surface area contributed by atoms with E-state index in [0.717, 1.165) is 0 Å². The van der Waals surface area contributed by atoms with Gasteiger partial charge in [0.05, 0.1) is 24.2 Å². The Morgan fingerprint density at radius 2 is 2.36 bits per heavy atom. The van der Waals surface area contributed by atoms with E-state index in [4.69, 9.17) is 0 Å². The Bertz CT molecular complexity index is 300. The number of carbonyl (C=O) groups excluding carboxylic acids is 1. The van der Waals surface area contributed by atoms with Crippen LogP contribution >= 0.6 is 0 Å². The quantitative estimate of drug-likeness (QED) is 0.652. The van der Waals surface area contributed by atoms with E-state index in [0.29, 0.717) is 5.69 Å². The van der Waals surface area contributed by atoms with Gasteiger partial charge in [0.25, 0.3) is 5.91 Å². The van der Waals surface area contributed by atoms with Gasteiger partial charge >= 0.3 is 0 Å². The molecule has 1 rings (SSSR count). The van der Waals surface area contributed by atoms with Gasteiger partial charge in [0.2, 0.25) is 0 Å². The van der Waals surface area contributed by atoms with Crippen molar-refractivity contribution >= 4 is 5.91 Å². The molecule has 1 atom stereocenters. The summed E-state index contributed by atoms with van der Waals surface area (Å²) >= 11 is 0. The minimum Gasteiger partial charge on any atom is -0.388 e. The molecule has 3 N–H and O–H groups in total. The molecule has 0 saturated heterocycles. The number of imidazole rings is 1. The van der Waals surface area contributed by atoms with Gasteiger partial charge in [-0.05, 0) is 20.8 Å². The number of aromatic nitrogens is 2. The van der Waals surface area contributed by atoms with E-state index < -0.39 is 5.60 Å². The fourth-order valence-corrected chi connectivity index (χ4v) is 0.831. The minimum atomic E-state index is -0.935. The Hall–Kier alpha value is -1.36. The molecular formula is C9H15N3O2. The monoisotopic (exact) mass is 197 g/mol. The number of nitrogens with one attached hydrogen (secondary N) is 2. The summed E-state index contributed by atoms with van der Waals surface area (Å²) in [5.74, 6) is -0.267. The summed E-state index contributed by atoms with van der Waals surface area (Å²) < 4.78 is 0. The Balaban J connectivity index is 2.58. The van der Waals surface area contributed by atoms with Crippen molar-refractivity contribution in [2.75, 3.05) is 0 Å². The molecule has 0 spiro atoms. The number of aromatic amines is 1. The van der Waals surface area contributed by atoms with Crippen molar-refractivity contribution in [3.8, 4) is 0 Å². The molecule has 0 aliphatic heterocycles. The normalized spacial score (nSPS) is 13.7. The van der Waals surface area contributed by atoms with Gasteiger partial charge in [0, 0.05) is 0 Å². The Morgan fingerprint density at radius 3 is 2.79 bits per heavy atom. The largest absolute Gasteiger partial charge is 0.388 e. The summed E-state index contributed by atoms with van der Waals surface area (Å²) in [6, 6.07) is -0.321. The lowest BCUT2D eigenvalue weighted by Gasteiger charge is -2.26. The van der Waals surface area contributed by atoms with Crippen LogP contribution in [-0.2, 0) is 0 Å². The summed E-state index contributed by atoms with van der Waals surface area (Å²) in [5.41, 5.74) is -0.545. The molecule has 0 aliphatic carbocycles. The zero-order valence-corrected chi connectivity index (χ0v) is 8.53. The average molecular weight is 197 g/mol. The van der Waals surface area contributed by atoms with Crippen LogP contribution in [0.1, 0.15) is 31.3 Å². The third kappa shape index (κ3) is 2.56. The first-order valence-electron chi connectivity index (χ1n) is 4.43. The number of amides is 1. The molecule has 0 bridgehead atoms. The molecule has 1 heterocycles. The van der Waals surface area contributed by atoms with Crippen molar-refractivity contribution in [2.24, 2.45) is 0 Å². The molecule has 0 fully saturated rings. The van der Waals surface area contributed by atoms with E-state index in [9.17, 15) is 9.90 Å². The maximum Gasteiger partial charge on any atom is 0.269 e. The lowest BCUT2D eigenvalue weighted by Crippen LogP contribution is -2.47. The molecule has 0 radical (unpaired) electrons. The third-order valence-electron chi connectivity index (χ3n) is 2.15. The van der Waals surface area contributed by atoms with Crippen LogP contribution in [-0.4, -0.2) is 32.6 Å². The average Bonchev–Trinajstić information content (AvgIpc) is 2.53. The number of H-pyrrole nitrogens is 1. The Morgan fingerprint density at radius 1 is 1.71 bits per heavy atom. The van der Waals surface area contributed by atoms with Crippen molar-refractivity contribution in [3.63, 3.8) is 0 Å². The number of hydrogen-bond acceptors (Lipinski definition) is 3. The van der Waals surface area contributed by atoms with Crippen LogP contribution in [0.4, 0.5) is 0 Å². The fraction of sp³-hybridized carbons (Fsp3) is 0.556. The van der Waals surface area contributed by atoms with Crippen LogP contribution in [0.2, 0.25) is 0 Å². The number of carbonyl (C=O) groups is 1. The first kappa shape index (κ1) is 10.7. The summed E-state index contributed by atoms with van der Waals surface area (Å²) in [5, 5.41) is 12.3. The molecule has 1 aromatic rings. The Kier molecular flexibility index (Phi) is 2.90. The zero-order valence-electron chi connectivity index (χ0n) is 8.53. The van der Waals surface area contributed by atoms with E-state index in [1.807, 2.05) is 0 Å².